The molecule has 0 amide bonds. The minimum atomic E-state index is -1.05. The van der Waals surface area contributed by atoms with Gasteiger partial charge in [0.25, 0.3) is 0 Å². The van der Waals surface area contributed by atoms with E-state index in [4.69, 9.17) is 13.6 Å². The highest BCUT2D eigenvalue weighted by Crippen LogP contribution is 2.48. The first-order valence-corrected chi connectivity index (χ1v) is 6.74. The molecular formula is C10H19O3P. The van der Waals surface area contributed by atoms with E-state index in [9.17, 15) is 0 Å². The van der Waals surface area contributed by atoms with Crippen molar-refractivity contribution in [1.82, 2.24) is 0 Å². The maximum absolute atomic E-state index is 5.75. The van der Waals surface area contributed by atoms with Crippen molar-refractivity contribution < 1.29 is 13.6 Å². The van der Waals surface area contributed by atoms with E-state index in [2.05, 4.69) is 0 Å². The standard InChI is InChI=1S/C10H19O3P/c1-2-11-14(12-9-5-3-6-9)13-10-7-4-8-10/h9-10H,2-8H2,1H3. The molecule has 0 spiro atoms. The lowest BCUT2D eigenvalue weighted by atomic mass is 9.97. The van der Waals surface area contributed by atoms with Crippen LogP contribution in [0.2, 0.25) is 0 Å². The Morgan fingerprint density at radius 3 is 1.79 bits per heavy atom. The molecule has 2 fully saturated rings. The molecule has 0 N–H and O–H groups in total. The van der Waals surface area contributed by atoms with Gasteiger partial charge in [-0.3, -0.25) is 0 Å². The van der Waals surface area contributed by atoms with Crippen molar-refractivity contribution in [3.05, 3.63) is 0 Å². The summed E-state index contributed by atoms with van der Waals surface area (Å²) in [6.45, 7) is 2.68. The van der Waals surface area contributed by atoms with E-state index in [-0.39, 0.29) is 0 Å². The van der Waals surface area contributed by atoms with Crippen molar-refractivity contribution in [3.8, 4) is 0 Å². The highest BCUT2D eigenvalue weighted by Gasteiger charge is 2.29. The van der Waals surface area contributed by atoms with Gasteiger partial charge in [-0.05, 0) is 45.4 Å². The molecule has 0 aromatic rings. The molecule has 0 bridgehead atoms. The van der Waals surface area contributed by atoms with Crippen LogP contribution in [0.15, 0.2) is 0 Å². The first-order valence-electron chi connectivity index (χ1n) is 5.65. The summed E-state index contributed by atoms with van der Waals surface area (Å²) in [6.07, 6.45) is 8.13. The van der Waals surface area contributed by atoms with Crippen molar-refractivity contribution >= 4 is 8.60 Å². The number of hydrogen-bond donors (Lipinski definition) is 0. The molecule has 0 aromatic carbocycles. The van der Waals surface area contributed by atoms with Gasteiger partial charge in [-0.25, -0.2) is 0 Å². The van der Waals surface area contributed by atoms with Gasteiger partial charge < -0.3 is 13.6 Å². The molecule has 2 aliphatic rings. The van der Waals surface area contributed by atoms with E-state index >= 15 is 0 Å². The quantitative estimate of drug-likeness (QED) is 0.639. The van der Waals surface area contributed by atoms with E-state index in [1.807, 2.05) is 6.92 Å². The lowest BCUT2D eigenvalue weighted by molar-refractivity contribution is 0.0360. The summed E-state index contributed by atoms with van der Waals surface area (Å²) in [5.41, 5.74) is 0. The van der Waals surface area contributed by atoms with Crippen LogP contribution in [0.3, 0.4) is 0 Å². The van der Waals surface area contributed by atoms with E-state index < -0.39 is 8.60 Å². The zero-order valence-electron chi connectivity index (χ0n) is 8.78. The molecule has 82 valence electrons. The highest BCUT2D eigenvalue weighted by atomic mass is 31.2. The summed E-state index contributed by atoms with van der Waals surface area (Å²) < 4.78 is 17.0. The van der Waals surface area contributed by atoms with Crippen molar-refractivity contribution in [3.63, 3.8) is 0 Å². The Morgan fingerprint density at radius 1 is 1.00 bits per heavy atom. The molecule has 0 atom stereocenters. The third-order valence-corrected chi connectivity index (χ3v) is 4.22. The van der Waals surface area contributed by atoms with Crippen LogP contribution in [0.25, 0.3) is 0 Å². The Labute approximate surface area is 87.1 Å². The average Bonchev–Trinajstić information content (AvgIpc) is 2.03. The summed E-state index contributed by atoms with van der Waals surface area (Å²) in [5.74, 6) is 0. The zero-order chi connectivity index (χ0) is 9.80. The van der Waals surface area contributed by atoms with Crippen LogP contribution in [0, 0.1) is 0 Å². The molecule has 0 radical (unpaired) electrons. The van der Waals surface area contributed by atoms with Crippen LogP contribution in [0.4, 0.5) is 0 Å². The van der Waals surface area contributed by atoms with Crippen LogP contribution in [-0.4, -0.2) is 18.8 Å². The minimum Gasteiger partial charge on any atom is -0.313 e. The van der Waals surface area contributed by atoms with Gasteiger partial charge in [-0.1, -0.05) is 0 Å². The SMILES string of the molecule is CCOP(OC1CCC1)OC1CCC1. The van der Waals surface area contributed by atoms with Crippen LogP contribution >= 0.6 is 8.60 Å². The van der Waals surface area contributed by atoms with Crippen LogP contribution in [-0.2, 0) is 13.6 Å². The first kappa shape index (κ1) is 10.8. The second-order valence-corrected chi connectivity index (χ2v) is 5.09. The van der Waals surface area contributed by atoms with E-state index in [1.165, 1.54) is 38.5 Å². The fourth-order valence-electron chi connectivity index (χ4n) is 1.39. The fourth-order valence-corrected chi connectivity index (χ4v) is 2.68. The van der Waals surface area contributed by atoms with Crippen molar-refractivity contribution in [2.24, 2.45) is 0 Å². The Hall–Kier alpha value is 0.310. The molecule has 0 heterocycles. The topological polar surface area (TPSA) is 27.7 Å². The summed E-state index contributed by atoms with van der Waals surface area (Å²) in [7, 11) is -1.05. The Morgan fingerprint density at radius 2 is 1.50 bits per heavy atom. The summed E-state index contributed by atoms with van der Waals surface area (Å²) in [6, 6.07) is 0. The van der Waals surface area contributed by atoms with E-state index in [0.29, 0.717) is 18.8 Å². The normalized spacial score (nSPS) is 23.6. The molecule has 2 rings (SSSR count). The lowest BCUT2D eigenvalue weighted by Gasteiger charge is -2.32. The van der Waals surface area contributed by atoms with Gasteiger partial charge in [0.05, 0.1) is 18.8 Å². The highest BCUT2D eigenvalue weighted by molar-refractivity contribution is 7.41. The van der Waals surface area contributed by atoms with Gasteiger partial charge in [-0.2, -0.15) is 0 Å². The molecule has 4 heteroatoms. The van der Waals surface area contributed by atoms with Gasteiger partial charge in [0.1, 0.15) is 0 Å². The van der Waals surface area contributed by atoms with Gasteiger partial charge in [0.15, 0.2) is 0 Å². The number of rotatable bonds is 6. The lowest BCUT2D eigenvalue weighted by Crippen LogP contribution is -2.24. The van der Waals surface area contributed by atoms with Crippen molar-refractivity contribution in [2.75, 3.05) is 6.61 Å². The maximum Gasteiger partial charge on any atom is 0.333 e. The molecule has 0 aromatic heterocycles. The van der Waals surface area contributed by atoms with Gasteiger partial charge in [-0.15, -0.1) is 0 Å². The number of hydrogen-bond acceptors (Lipinski definition) is 3. The third-order valence-electron chi connectivity index (χ3n) is 2.81. The molecule has 14 heavy (non-hydrogen) atoms. The molecule has 2 saturated carbocycles. The molecule has 2 aliphatic carbocycles. The molecule has 0 saturated heterocycles. The predicted octanol–water partition coefficient (Wildman–Crippen LogP) is 3.39. The van der Waals surface area contributed by atoms with E-state index in [0.717, 1.165) is 0 Å². The largest absolute Gasteiger partial charge is 0.333 e. The van der Waals surface area contributed by atoms with Crippen LogP contribution < -0.4 is 0 Å². The molecular weight excluding hydrogens is 199 g/mol. The van der Waals surface area contributed by atoms with Gasteiger partial charge >= 0.3 is 8.60 Å². The summed E-state index contributed by atoms with van der Waals surface area (Å²) in [5, 5.41) is 0. The summed E-state index contributed by atoms with van der Waals surface area (Å²) in [4.78, 5) is 0. The van der Waals surface area contributed by atoms with Crippen LogP contribution in [0.5, 0.6) is 0 Å². The smallest absolute Gasteiger partial charge is 0.313 e. The minimum absolute atomic E-state index is 0.410. The van der Waals surface area contributed by atoms with E-state index in [1.54, 1.807) is 0 Å². The fraction of sp³-hybridized carbons (Fsp3) is 1.00. The second-order valence-electron chi connectivity index (χ2n) is 3.96. The maximum atomic E-state index is 5.75. The van der Waals surface area contributed by atoms with Gasteiger partial charge in [0.2, 0.25) is 0 Å². The second kappa shape index (κ2) is 5.41. The van der Waals surface area contributed by atoms with Gasteiger partial charge in [0, 0.05) is 0 Å². The average molecular weight is 218 g/mol. The van der Waals surface area contributed by atoms with Crippen LogP contribution in [0.1, 0.15) is 45.4 Å². The Balaban J connectivity index is 1.67. The first-order chi connectivity index (χ1) is 6.88. The Kier molecular flexibility index (Phi) is 4.18. The monoisotopic (exact) mass is 218 g/mol. The Bertz CT molecular complexity index is 153. The third kappa shape index (κ3) is 2.90. The zero-order valence-corrected chi connectivity index (χ0v) is 9.67. The molecule has 0 aliphatic heterocycles. The van der Waals surface area contributed by atoms with Crippen molar-refractivity contribution in [1.29, 1.82) is 0 Å². The van der Waals surface area contributed by atoms with Crippen molar-refractivity contribution in [2.45, 2.75) is 57.7 Å². The molecule has 0 unspecified atom stereocenters. The predicted molar refractivity (Wildman–Crippen MR) is 56.0 cm³/mol. The molecule has 3 nitrogen and oxygen atoms in total. The summed E-state index contributed by atoms with van der Waals surface area (Å²) >= 11 is 0.